The molecule has 0 heterocycles. The minimum atomic E-state index is 0.831. The van der Waals surface area contributed by atoms with E-state index in [4.69, 9.17) is 0 Å². The Morgan fingerprint density at radius 1 is 1.19 bits per heavy atom. The molecule has 0 aliphatic heterocycles. The smallest absolute Gasteiger partial charge is 0.00968 e. The highest BCUT2D eigenvalue weighted by Crippen LogP contribution is 2.47. The van der Waals surface area contributed by atoms with Crippen LogP contribution in [0.1, 0.15) is 38.7 Å². The van der Waals surface area contributed by atoms with E-state index in [1.165, 1.54) is 31.2 Å². The Bertz CT molecular complexity index is 348. The normalized spacial score (nSPS) is 26.0. The zero-order valence-electron chi connectivity index (χ0n) is 10.4. The van der Waals surface area contributed by atoms with Crippen LogP contribution in [0.4, 0.5) is 0 Å². The minimum absolute atomic E-state index is 0.831. The Morgan fingerprint density at radius 2 is 1.94 bits per heavy atom. The van der Waals surface area contributed by atoms with Crippen LogP contribution in [0.15, 0.2) is 42.0 Å². The summed E-state index contributed by atoms with van der Waals surface area (Å²) in [4.78, 5) is 0. The monoisotopic (exact) mass is 214 g/mol. The lowest BCUT2D eigenvalue weighted by atomic mass is 10.1. The fourth-order valence-electron chi connectivity index (χ4n) is 2.47. The summed E-state index contributed by atoms with van der Waals surface area (Å²) in [5.74, 6) is 1.66. The number of benzene rings is 1. The first-order valence-electron chi connectivity index (χ1n) is 6.56. The molecule has 1 aliphatic carbocycles. The van der Waals surface area contributed by atoms with E-state index in [0.717, 1.165) is 11.8 Å². The lowest BCUT2D eigenvalue weighted by molar-refractivity contribution is 0.749. The van der Waals surface area contributed by atoms with Gasteiger partial charge in [-0.25, -0.2) is 0 Å². The second-order valence-electron chi connectivity index (χ2n) is 4.93. The average molecular weight is 214 g/mol. The molecule has 2 rings (SSSR count). The lowest BCUT2D eigenvalue weighted by Gasteiger charge is -1.97. The molecule has 1 saturated carbocycles. The number of hydrogen-bond acceptors (Lipinski definition) is 0. The Balaban J connectivity index is 1.87. The van der Waals surface area contributed by atoms with Gasteiger partial charge >= 0.3 is 0 Å². The van der Waals surface area contributed by atoms with Gasteiger partial charge in [-0.15, -0.1) is 0 Å². The zero-order chi connectivity index (χ0) is 11.4. The van der Waals surface area contributed by atoms with Crippen molar-refractivity contribution in [1.29, 1.82) is 0 Å². The van der Waals surface area contributed by atoms with Gasteiger partial charge in [-0.1, -0.05) is 68.7 Å². The van der Waals surface area contributed by atoms with E-state index in [1.54, 1.807) is 5.57 Å². The molecular weight excluding hydrogens is 192 g/mol. The molecule has 0 spiro atoms. The second-order valence-corrected chi connectivity index (χ2v) is 4.93. The van der Waals surface area contributed by atoms with E-state index >= 15 is 0 Å². The molecule has 1 aliphatic rings. The molecule has 2 unspecified atom stereocenters. The van der Waals surface area contributed by atoms with Crippen LogP contribution >= 0.6 is 0 Å². The summed E-state index contributed by atoms with van der Waals surface area (Å²) >= 11 is 0. The third-order valence-corrected chi connectivity index (χ3v) is 3.68. The summed E-state index contributed by atoms with van der Waals surface area (Å²) in [6.45, 7) is 4.63. The largest absolute Gasteiger partial charge is 0.0847 e. The van der Waals surface area contributed by atoms with Crippen molar-refractivity contribution in [2.45, 2.75) is 39.5 Å². The molecule has 0 heteroatoms. The molecule has 0 aromatic heterocycles. The molecule has 16 heavy (non-hydrogen) atoms. The molecule has 0 bridgehead atoms. The van der Waals surface area contributed by atoms with E-state index in [2.05, 4.69) is 50.3 Å². The van der Waals surface area contributed by atoms with E-state index < -0.39 is 0 Å². The maximum absolute atomic E-state index is 2.49. The summed E-state index contributed by atoms with van der Waals surface area (Å²) < 4.78 is 0. The summed E-state index contributed by atoms with van der Waals surface area (Å²) in [6.07, 6.45) is 7.65. The highest BCUT2D eigenvalue weighted by Gasteiger charge is 2.38. The van der Waals surface area contributed by atoms with Crippen LogP contribution in [0.25, 0.3) is 0 Å². The quantitative estimate of drug-likeness (QED) is 0.496. The maximum atomic E-state index is 2.49. The molecule has 1 aromatic rings. The third-order valence-electron chi connectivity index (χ3n) is 3.68. The Hall–Kier alpha value is -1.04. The van der Waals surface area contributed by atoms with Gasteiger partial charge in [0.2, 0.25) is 0 Å². The van der Waals surface area contributed by atoms with Gasteiger partial charge in [0.25, 0.3) is 0 Å². The van der Waals surface area contributed by atoms with E-state index in [1.807, 2.05) is 0 Å². The first kappa shape index (κ1) is 11.4. The van der Waals surface area contributed by atoms with Gasteiger partial charge < -0.3 is 0 Å². The van der Waals surface area contributed by atoms with Gasteiger partial charge in [-0.2, -0.15) is 0 Å². The van der Waals surface area contributed by atoms with Crippen molar-refractivity contribution in [3.05, 3.63) is 47.5 Å². The van der Waals surface area contributed by atoms with E-state index in [9.17, 15) is 0 Å². The first-order chi connectivity index (χ1) is 7.83. The standard InChI is InChI=1S/C16H22/c1-3-4-6-11-15-13(2)16(15)12-14-9-7-5-8-10-14/h5,7-11,13,16H,3-4,6,12H2,1-2H3/b15-11+. The first-order valence-corrected chi connectivity index (χ1v) is 6.56. The molecule has 0 nitrogen and oxygen atoms in total. The molecule has 86 valence electrons. The van der Waals surface area contributed by atoms with Crippen LogP contribution in [0.2, 0.25) is 0 Å². The molecule has 2 atom stereocenters. The Kier molecular flexibility index (Phi) is 3.82. The fraction of sp³-hybridized carbons (Fsp3) is 0.500. The molecular formula is C16H22. The zero-order valence-corrected chi connectivity index (χ0v) is 10.4. The third kappa shape index (κ3) is 2.75. The van der Waals surface area contributed by atoms with Crippen LogP contribution in [-0.2, 0) is 6.42 Å². The van der Waals surface area contributed by atoms with Crippen molar-refractivity contribution in [3.8, 4) is 0 Å². The van der Waals surface area contributed by atoms with Crippen molar-refractivity contribution in [3.63, 3.8) is 0 Å². The SMILES string of the molecule is CCCC/C=C1\C(C)C1Cc1ccccc1. The van der Waals surface area contributed by atoms with E-state index in [0.29, 0.717) is 0 Å². The van der Waals surface area contributed by atoms with Crippen LogP contribution in [0, 0.1) is 11.8 Å². The molecule has 0 radical (unpaired) electrons. The summed E-state index contributed by atoms with van der Waals surface area (Å²) in [7, 11) is 0. The molecule has 0 saturated heterocycles. The van der Waals surface area contributed by atoms with Gasteiger partial charge in [0.1, 0.15) is 0 Å². The minimum Gasteiger partial charge on any atom is -0.0847 e. The maximum Gasteiger partial charge on any atom is -0.00968 e. The van der Waals surface area contributed by atoms with Crippen LogP contribution in [0.3, 0.4) is 0 Å². The molecule has 0 N–H and O–H groups in total. The number of allylic oxidation sites excluding steroid dienone is 2. The average Bonchev–Trinajstić information content (AvgIpc) is 2.91. The molecule has 0 amide bonds. The number of hydrogen-bond donors (Lipinski definition) is 0. The van der Waals surface area contributed by atoms with Crippen LogP contribution < -0.4 is 0 Å². The predicted octanol–water partition coefficient (Wildman–Crippen LogP) is 4.61. The Morgan fingerprint density at radius 3 is 2.62 bits per heavy atom. The van der Waals surface area contributed by atoms with Crippen molar-refractivity contribution in [2.24, 2.45) is 11.8 Å². The Labute approximate surface area is 99.4 Å². The molecule has 1 fully saturated rings. The van der Waals surface area contributed by atoms with Gasteiger partial charge in [0.15, 0.2) is 0 Å². The van der Waals surface area contributed by atoms with Gasteiger partial charge in [-0.3, -0.25) is 0 Å². The van der Waals surface area contributed by atoms with Crippen molar-refractivity contribution in [2.75, 3.05) is 0 Å². The number of unbranched alkanes of at least 4 members (excludes halogenated alkanes) is 2. The summed E-state index contributed by atoms with van der Waals surface area (Å²) in [5.41, 5.74) is 3.19. The summed E-state index contributed by atoms with van der Waals surface area (Å²) in [6, 6.07) is 10.9. The van der Waals surface area contributed by atoms with Crippen molar-refractivity contribution < 1.29 is 0 Å². The van der Waals surface area contributed by atoms with Gasteiger partial charge in [0.05, 0.1) is 0 Å². The highest BCUT2D eigenvalue weighted by molar-refractivity contribution is 5.32. The summed E-state index contributed by atoms with van der Waals surface area (Å²) in [5, 5.41) is 0. The van der Waals surface area contributed by atoms with Crippen LogP contribution in [0.5, 0.6) is 0 Å². The fourth-order valence-corrected chi connectivity index (χ4v) is 2.47. The number of rotatable bonds is 5. The second kappa shape index (κ2) is 5.34. The van der Waals surface area contributed by atoms with Gasteiger partial charge in [0, 0.05) is 0 Å². The van der Waals surface area contributed by atoms with Crippen LogP contribution in [-0.4, -0.2) is 0 Å². The predicted molar refractivity (Wildman–Crippen MR) is 70.4 cm³/mol. The van der Waals surface area contributed by atoms with Crippen molar-refractivity contribution >= 4 is 0 Å². The highest BCUT2D eigenvalue weighted by atomic mass is 14.4. The molecule has 1 aromatic carbocycles. The topological polar surface area (TPSA) is 0 Å². The lowest BCUT2D eigenvalue weighted by Crippen LogP contribution is -1.87. The van der Waals surface area contributed by atoms with Gasteiger partial charge in [-0.05, 0) is 30.2 Å². The van der Waals surface area contributed by atoms with E-state index in [-0.39, 0.29) is 0 Å². The van der Waals surface area contributed by atoms with Crippen molar-refractivity contribution in [1.82, 2.24) is 0 Å².